The zero-order valence-corrected chi connectivity index (χ0v) is 11.6. The number of carbonyl (C=O) groups is 1. The van der Waals surface area contributed by atoms with E-state index in [9.17, 15) is 15.0 Å². The molecule has 2 fully saturated rings. The Balaban J connectivity index is 1.89. The van der Waals surface area contributed by atoms with E-state index in [-0.39, 0.29) is 29.0 Å². The fourth-order valence-electron chi connectivity index (χ4n) is 3.77. The van der Waals surface area contributed by atoms with Crippen molar-refractivity contribution >= 4 is 5.91 Å². The van der Waals surface area contributed by atoms with E-state index in [1.54, 1.807) is 6.07 Å². The minimum atomic E-state index is -0.225. The summed E-state index contributed by atoms with van der Waals surface area (Å²) in [5.74, 6) is 0.104. The van der Waals surface area contributed by atoms with Gasteiger partial charge in [-0.2, -0.15) is 0 Å². The molecule has 2 N–H and O–H groups in total. The number of hydrogen-bond donors (Lipinski definition) is 2. The van der Waals surface area contributed by atoms with E-state index in [0.29, 0.717) is 5.92 Å². The van der Waals surface area contributed by atoms with Gasteiger partial charge in [-0.05, 0) is 43.7 Å². The van der Waals surface area contributed by atoms with Gasteiger partial charge in [0.25, 0.3) is 5.91 Å². The van der Waals surface area contributed by atoms with E-state index in [4.69, 9.17) is 0 Å². The van der Waals surface area contributed by atoms with Gasteiger partial charge in [-0.3, -0.25) is 4.79 Å². The Morgan fingerprint density at radius 2 is 1.70 bits per heavy atom. The van der Waals surface area contributed by atoms with Gasteiger partial charge >= 0.3 is 0 Å². The van der Waals surface area contributed by atoms with Crippen molar-refractivity contribution in [2.45, 2.75) is 44.6 Å². The number of likely N-dealkylation sites (tertiary alicyclic amines) is 1. The minimum Gasteiger partial charge on any atom is -0.507 e. The maximum absolute atomic E-state index is 12.7. The quantitative estimate of drug-likeness (QED) is 0.828. The normalized spacial score (nSPS) is 26.1. The molecule has 0 bridgehead atoms. The molecule has 1 heterocycles. The molecule has 4 nitrogen and oxygen atoms in total. The summed E-state index contributed by atoms with van der Waals surface area (Å²) in [6.45, 7) is 0.730. The molecule has 2 atom stereocenters. The average molecular weight is 275 g/mol. The lowest BCUT2D eigenvalue weighted by Crippen LogP contribution is -2.49. The van der Waals surface area contributed by atoms with Crippen LogP contribution in [0.25, 0.3) is 0 Å². The number of fused-ring (bicyclic) bond motifs is 1. The number of rotatable bonds is 1. The number of nitrogens with zero attached hydrogens (tertiary/aromatic N) is 1. The van der Waals surface area contributed by atoms with Gasteiger partial charge in [-0.15, -0.1) is 0 Å². The molecule has 1 aliphatic carbocycles. The van der Waals surface area contributed by atoms with Gasteiger partial charge in [0.1, 0.15) is 17.1 Å². The molecule has 1 saturated heterocycles. The van der Waals surface area contributed by atoms with Crippen molar-refractivity contribution in [3.05, 3.63) is 23.8 Å². The Kier molecular flexibility index (Phi) is 3.55. The average Bonchev–Trinajstić information content (AvgIpc) is 2.46. The van der Waals surface area contributed by atoms with Crippen LogP contribution < -0.4 is 0 Å². The molecule has 2 aliphatic rings. The zero-order chi connectivity index (χ0) is 14.1. The number of carbonyl (C=O) groups excluding carboxylic acids is 1. The van der Waals surface area contributed by atoms with Crippen molar-refractivity contribution in [2.75, 3.05) is 6.54 Å². The van der Waals surface area contributed by atoms with E-state index in [1.807, 2.05) is 4.90 Å². The van der Waals surface area contributed by atoms with Crippen molar-refractivity contribution in [1.82, 2.24) is 4.90 Å². The SMILES string of the molecule is O=C(c1c(O)cccc1O)N1CCC[C@H]2CCCC[C@H]21. The Hall–Kier alpha value is -1.71. The van der Waals surface area contributed by atoms with Gasteiger partial charge in [0.15, 0.2) is 0 Å². The highest BCUT2D eigenvalue weighted by atomic mass is 16.3. The van der Waals surface area contributed by atoms with Gasteiger partial charge in [0, 0.05) is 12.6 Å². The number of phenols is 2. The molecule has 1 aliphatic heterocycles. The molecule has 20 heavy (non-hydrogen) atoms. The molecule has 4 heteroatoms. The van der Waals surface area contributed by atoms with E-state index in [2.05, 4.69) is 0 Å². The van der Waals surface area contributed by atoms with Crippen molar-refractivity contribution in [2.24, 2.45) is 5.92 Å². The van der Waals surface area contributed by atoms with Crippen LogP contribution in [0.4, 0.5) is 0 Å². The van der Waals surface area contributed by atoms with Gasteiger partial charge in [-0.1, -0.05) is 18.9 Å². The Morgan fingerprint density at radius 1 is 1.05 bits per heavy atom. The summed E-state index contributed by atoms with van der Waals surface area (Å²) in [5, 5.41) is 19.8. The molecule has 1 aromatic carbocycles. The summed E-state index contributed by atoms with van der Waals surface area (Å²) in [5.41, 5.74) is 0.0544. The molecule has 1 amide bonds. The molecule has 0 spiro atoms. The Labute approximate surface area is 119 Å². The monoisotopic (exact) mass is 275 g/mol. The summed E-state index contributed by atoms with van der Waals surface area (Å²) in [7, 11) is 0. The van der Waals surface area contributed by atoms with Crippen molar-refractivity contribution in [3.63, 3.8) is 0 Å². The topological polar surface area (TPSA) is 60.8 Å². The molecule has 0 unspecified atom stereocenters. The van der Waals surface area contributed by atoms with E-state index >= 15 is 0 Å². The lowest BCUT2D eigenvalue weighted by atomic mass is 9.78. The highest BCUT2D eigenvalue weighted by molar-refractivity contribution is 5.99. The number of amides is 1. The van der Waals surface area contributed by atoms with Crippen LogP contribution in [0.2, 0.25) is 0 Å². The molecule has 0 aromatic heterocycles. The first-order valence-corrected chi connectivity index (χ1v) is 7.50. The highest BCUT2D eigenvalue weighted by Crippen LogP contribution is 2.37. The summed E-state index contributed by atoms with van der Waals surface area (Å²) in [4.78, 5) is 14.6. The van der Waals surface area contributed by atoms with E-state index in [1.165, 1.54) is 31.4 Å². The van der Waals surface area contributed by atoms with E-state index < -0.39 is 0 Å². The number of aromatic hydroxyl groups is 2. The third-order valence-electron chi connectivity index (χ3n) is 4.74. The van der Waals surface area contributed by atoms with Crippen LogP contribution in [0.5, 0.6) is 11.5 Å². The molecular formula is C16H21NO3. The third-order valence-corrected chi connectivity index (χ3v) is 4.74. The van der Waals surface area contributed by atoms with Crippen molar-refractivity contribution in [1.29, 1.82) is 0 Å². The first-order valence-electron chi connectivity index (χ1n) is 7.50. The number of piperidine rings is 1. The van der Waals surface area contributed by atoms with Crippen LogP contribution in [0.1, 0.15) is 48.9 Å². The number of benzene rings is 1. The maximum Gasteiger partial charge on any atom is 0.261 e. The van der Waals surface area contributed by atoms with Crippen LogP contribution in [0, 0.1) is 5.92 Å². The predicted octanol–water partition coefficient (Wildman–Crippen LogP) is 2.89. The van der Waals surface area contributed by atoms with Crippen molar-refractivity contribution < 1.29 is 15.0 Å². The molecule has 1 saturated carbocycles. The Morgan fingerprint density at radius 3 is 2.45 bits per heavy atom. The number of hydrogen-bond acceptors (Lipinski definition) is 3. The lowest BCUT2D eigenvalue weighted by molar-refractivity contribution is 0.0385. The van der Waals surface area contributed by atoms with Gasteiger partial charge in [-0.25, -0.2) is 0 Å². The third kappa shape index (κ3) is 2.23. The van der Waals surface area contributed by atoms with Gasteiger partial charge in [0.05, 0.1) is 0 Å². The van der Waals surface area contributed by atoms with Crippen LogP contribution in [-0.4, -0.2) is 33.6 Å². The lowest BCUT2D eigenvalue weighted by Gasteiger charge is -2.44. The standard InChI is InChI=1S/C16H21NO3/c18-13-8-3-9-14(19)15(13)16(20)17-10-4-6-11-5-1-2-7-12(11)17/h3,8-9,11-12,18-19H,1-2,4-7,10H2/t11-,12-/m1/s1. The first kappa shape index (κ1) is 13.3. The van der Waals surface area contributed by atoms with Crippen LogP contribution >= 0.6 is 0 Å². The van der Waals surface area contributed by atoms with E-state index in [0.717, 1.165) is 25.8 Å². The fraction of sp³-hybridized carbons (Fsp3) is 0.562. The van der Waals surface area contributed by atoms with Crippen LogP contribution in [0.15, 0.2) is 18.2 Å². The molecule has 108 valence electrons. The molecule has 0 radical (unpaired) electrons. The largest absolute Gasteiger partial charge is 0.507 e. The second-order valence-electron chi connectivity index (χ2n) is 5.92. The fourth-order valence-corrected chi connectivity index (χ4v) is 3.77. The van der Waals surface area contributed by atoms with Crippen molar-refractivity contribution in [3.8, 4) is 11.5 Å². The van der Waals surface area contributed by atoms with Gasteiger partial charge in [0.2, 0.25) is 0 Å². The Bertz CT molecular complexity index is 492. The second-order valence-corrected chi connectivity index (χ2v) is 5.92. The van der Waals surface area contributed by atoms with Gasteiger partial charge < -0.3 is 15.1 Å². The molecule has 1 aromatic rings. The highest BCUT2D eigenvalue weighted by Gasteiger charge is 2.37. The molecular weight excluding hydrogens is 254 g/mol. The summed E-state index contributed by atoms with van der Waals surface area (Å²) < 4.78 is 0. The van der Waals surface area contributed by atoms with Crippen LogP contribution in [0.3, 0.4) is 0 Å². The summed E-state index contributed by atoms with van der Waals surface area (Å²) in [6, 6.07) is 4.73. The smallest absolute Gasteiger partial charge is 0.261 e. The second kappa shape index (κ2) is 5.35. The summed E-state index contributed by atoms with van der Waals surface area (Å²) >= 11 is 0. The molecule has 3 rings (SSSR count). The maximum atomic E-state index is 12.7. The van der Waals surface area contributed by atoms with Crippen LogP contribution in [-0.2, 0) is 0 Å². The minimum absolute atomic E-state index is 0.0544. The summed E-state index contributed by atoms with van der Waals surface area (Å²) in [6.07, 6.45) is 6.87. The zero-order valence-electron chi connectivity index (χ0n) is 11.6. The predicted molar refractivity (Wildman–Crippen MR) is 75.8 cm³/mol. The number of phenolic OH excluding ortho intramolecular Hbond substituents is 2. The first-order chi connectivity index (χ1) is 9.68.